The van der Waals surface area contributed by atoms with Gasteiger partial charge in [-0.2, -0.15) is 0 Å². The van der Waals surface area contributed by atoms with Crippen LogP contribution in [0.2, 0.25) is 0 Å². The zero-order chi connectivity index (χ0) is 13.0. The Hall–Kier alpha value is -1.43. The highest BCUT2D eigenvalue weighted by Crippen LogP contribution is 2.10. The van der Waals surface area contributed by atoms with Crippen molar-refractivity contribution in [1.29, 1.82) is 0 Å². The lowest BCUT2D eigenvalue weighted by Gasteiger charge is -2.24. The van der Waals surface area contributed by atoms with Crippen LogP contribution in [0.25, 0.3) is 0 Å². The van der Waals surface area contributed by atoms with Crippen LogP contribution in [0.15, 0.2) is 22.8 Å². The van der Waals surface area contributed by atoms with Gasteiger partial charge in [0.05, 0.1) is 6.54 Å². The maximum absolute atomic E-state index is 12.1. The fourth-order valence-corrected chi connectivity index (χ4v) is 1.67. The molecular formula is C11H14BrN3O2. The van der Waals surface area contributed by atoms with Gasteiger partial charge in [-0.1, -0.05) is 6.07 Å². The average molecular weight is 300 g/mol. The van der Waals surface area contributed by atoms with Crippen molar-refractivity contribution < 1.29 is 9.59 Å². The van der Waals surface area contributed by atoms with Gasteiger partial charge in [-0.25, -0.2) is 4.98 Å². The van der Waals surface area contributed by atoms with Crippen molar-refractivity contribution in [2.24, 2.45) is 5.73 Å². The first kappa shape index (κ1) is 13.6. The Morgan fingerprint density at radius 2 is 2.12 bits per heavy atom. The summed E-state index contributed by atoms with van der Waals surface area (Å²) in [5.74, 6) is -0.845. The summed E-state index contributed by atoms with van der Waals surface area (Å²) in [5.41, 5.74) is 5.40. The third kappa shape index (κ3) is 3.81. The van der Waals surface area contributed by atoms with E-state index in [-0.39, 0.29) is 24.2 Å². The molecule has 0 bridgehead atoms. The van der Waals surface area contributed by atoms with Crippen LogP contribution in [0.3, 0.4) is 0 Å². The van der Waals surface area contributed by atoms with Crippen molar-refractivity contribution in [3.63, 3.8) is 0 Å². The number of primary amides is 1. The summed E-state index contributed by atoms with van der Waals surface area (Å²) in [6.07, 6.45) is 0. The van der Waals surface area contributed by atoms with Crippen LogP contribution in [0.1, 0.15) is 24.3 Å². The van der Waals surface area contributed by atoms with E-state index in [2.05, 4.69) is 20.9 Å². The molecule has 1 rings (SSSR count). The number of hydrogen-bond acceptors (Lipinski definition) is 3. The Kier molecular flexibility index (Phi) is 4.62. The van der Waals surface area contributed by atoms with Gasteiger partial charge in [0.15, 0.2) is 0 Å². The minimum atomic E-state index is -0.540. The van der Waals surface area contributed by atoms with Gasteiger partial charge in [0.1, 0.15) is 10.3 Å². The number of carbonyl (C=O) groups excluding carboxylic acids is 2. The monoisotopic (exact) mass is 299 g/mol. The van der Waals surface area contributed by atoms with E-state index in [0.29, 0.717) is 4.60 Å². The van der Waals surface area contributed by atoms with Crippen LogP contribution in [0.5, 0.6) is 0 Å². The quantitative estimate of drug-likeness (QED) is 0.848. The van der Waals surface area contributed by atoms with E-state index in [0.717, 1.165) is 0 Å². The second-order valence-corrected chi connectivity index (χ2v) is 4.65. The maximum Gasteiger partial charge on any atom is 0.273 e. The van der Waals surface area contributed by atoms with Gasteiger partial charge >= 0.3 is 0 Å². The minimum absolute atomic E-state index is 0.106. The smallest absolute Gasteiger partial charge is 0.273 e. The first-order valence-electron chi connectivity index (χ1n) is 5.13. The molecule has 6 heteroatoms. The van der Waals surface area contributed by atoms with E-state index in [1.165, 1.54) is 4.90 Å². The fraction of sp³-hybridized carbons (Fsp3) is 0.364. The molecule has 1 aromatic rings. The number of hydrogen-bond donors (Lipinski definition) is 1. The van der Waals surface area contributed by atoms with E-state index in [4.69, 9.17) is 5.73 Å². The van der Waals surface area contributed by atoms with Crippen LogP contribution in [-0.4, -0.2) is 34.3 Å². The Morgan fingerprint density at radius 1 is 1.47 bits per heavy atom. The summed E-state index contributed by atoms with van der Waals surface area (Å²) in [4.78, 5) is 28.5. The highest BCUT2D eigenvalue weighted by Gasteiger charge is 2.21. The van der Waals surface area contributed by atoms with E-state index in [9.17, 15) is 9.59 Å². The zero-order valence-electron chi connectivity index (χ0n) is 9.68. The van der Waals surface area contributed by atoms with E-state index in [1.807, 2.05) is 13.8 Å². The number of halogens is 1. The van der Waals surface area contributed by atoms with Crippen LogP contribution >= 0.6 is 15.9 Å². The molecule has 0 saturated carbocycles. The standard InChI is InChI=1S/C11H14BrN3O2/c1-7(2)15(6-10(13)16)11(17)8-4-3-5-9(12)14-8/h3-5,7H,6H2,1-2H3,(H2,13,16). The van der Waals surface area contributed by atoms with Crippen molar-refractivity contribution >= 4 is 27.7 Å². The number of amides is 2. The van der Waals surface area contributed by atoms with Crippen LogP contribution in [0.4, 0.5) is 0 Å². The predicted molar refractivity (Wildman–Crippen MR) is 67.3 cm³/mol. The van der Waals surface area contributed by atoms with E-state index < -0.39 is 5.91 Å². The molecule has 2 N–H and O–H groups in total. The van der Waals surface area contributed by atoms with Crippen molar-refractivity contribution in [3.8, 4) is 0 Å². The summed E-state index contributed by atoms with van der Waals surface area (Å²) in [5, 5.41) is 0. The molecule has 0 aromatic carbocycles. The van der Waals surface area contributed by atoms with Gasteiger partial charge in [0.25, 0.3) is 5.91 Å². The Bertz CT molecular complexity index is 434. The molecule has 0 fully saturated rings. The number of rotatable bonds is 4. The number of carbonyl (C=O) groups is 2. The van der Waals surface area contributed by atoms with Crippen LogP contribution in [0, 0.1) is 0 Å². The second kappa shape index (κ2) is 5.77. The van der Waals surface area contributed by atoms with Gasteiger partial charge in [0, 0.05) is 6.04 Å². The van der Waals surface area contributed by atoms with Crippen molar-refractivity contribution in [1.82, 2.24) is 9.88 Å². The molecule has 2 amide bonds. The molecule has 0 radical (unpaired) electrons. The number of nitrogens with two attached hydrogens (primary N) is 1. The maximum atomic E-state index is 12.1. The van der Waals surface area contributed by atoms with Crippen LogP contribution < -0.4 is 5.73 Å². The molecule has 1 aromatic heterocycles. The third-order valence-corrected chi connectivity index (χ3v) is 2.59. The van der Waals surface area contributed by atoms with Crippen molar-refractivity contribution in [2.45, 2.75) is 19.9 Å². The van der Waals surface area contributed by atoms with Crippen molar-refractivity contribution in [3.05, 3.63) is 28.5 Å². The van der Waals surface area contributed by atoms with E-state index >= 15 is 0 Å². The molecule has 0 aliphatic rings. The zero-order valence-corrected chi connectivity index (χ0v) is 11.3. The Morgan fingerprint density at radius 3 is 2.59 bits per heavy atom. The van der Waals surface area contributed by atoms with Crippen molar-refractivity contribution in [2.75, 3.05) is 6.54 Å². The molecular weight excluding hydrogens is 286 g/mol. The molecule has 5 nitrogen and oxygen atoms in total. The highest BCUT2D eigenvalue weighted by molar-refractivity contribution is 9.10. The summed E-state index contributed by atoms with van der Waals surface area (Å²) < 4.78 is 0.575. The van der Waals surface area contributed by atoms with Crippen LogP contribution in [-0.2, 0) is 4.79 Å². The molecule has 0 spiro atoms. The number of aromatic nitrogens is 1. The third-order valence-electron chi connectivity index (χ3n) is 2.14. The normalized spacial score (nSPS) is 10.4. The molecule has 0 atom stereocenters. The molecule has 92 valence electrons. The SMILES string of the molecule is CC(C)N(CC(N)=O)C(=O)c1cccc(Br)n1. The summed E-state index contributed by atoms with van der Waals surface area (Å²) >= 11 is 3.19. The first-order valence-corrected chi connectivity index (χ1v) is 5.93. The number of nitrogens with zero attached hydrogens (tertiary/aromatic N) is 2. The lowest BCUT2D eigenvalue weighted by Crippen LogP contribution is -2.43. The topological polar surface area (TPSA) is 76.3 Å². The number of pyridine rings is 1. The second-order valence-electron chi connectivity index (χ2n) is 3.84. The first-order chi connectivity index (χ1) is 7.91. The molecule has 0 saturated heterocycles. The average Bonchev–Trinajstić information content (AvgIpc) is 2.24. The molecule has 1 heterocycles. The van der Waals surface area contributed by atoms with Gasteiger partial charge in [-0.3, -0.25) is 9.59 Å². The van der Waals surface area contributed by atoms with Gasteiger partial charge in [-0.15, -0.1) is 0 Å². The minimum Gasteiger partial charge on any atom is -0.368 e. The Balaban J connectivity index is 2.95. The summed E-state index contributed by atoms with van der Waals surface area (Å²) in [7, 11) is 0. The molecule has 0 unspecified atom stereocenters. The molecule has 17 heavy (non-hydrogen) atoms. The van der Waals surface area contributed by atoms with Gasteiger partial charge in [0.2, 0.25) is 5.91 Å². The van der Waals surface area contributed by atoms with E-state index in [1.54, 1.807) is 18.2 Å². The summed E-state index contributed by atoms with van der Waals surface area (Å²) in [6.45, 7) is 3.53. The lowest BCUT2D eigenvalue weighted by molar-refractivity contribution is -0.119. The van der Waals surface area contributed by atoms with Gasteiger partial charge < -0.3 is 10.6 Å². The highest BCUT2D eigenvalue weighted by atomic mass is 79.9. The Labute approximate surface area is 108 Å². The largest absolute Gasteiger partial charge is 0.368 e. The fourth-order valence-electron chi connectivity index (χ4n) is 1.33. The molecule has 0 aliphatic heterocycles. The lowest BCUT2D eigenvalue weighted by atomic mass is 10.2. The predicted octanol–water partition coefficient (Wildman–Crippen LogP) is 1.18. The molecule has 0 aliphatic carbocycles. The van der Waals surface area contributed by atoms with Gasteiger partial charge in [-0.05, 0) is 41.9 Å². The summed E-state index contributed by atoms with van der Waals surface area (Å²) in [6, 6.07) is 4.93.